The van der Waals surface area contributed by atoms with E-state index in [-0.39, 0.29) is 5.91 Å². The van der Waals surface area contributed by atoms with Gasteiger partial charge in [0.15, 0.2) is 0 Å². The number of thiophene rings is 1. The fourth-order valence-electron chi connectivity index (χ4n) is 3.16. The second-order valence-electron chi connectivity index (χ2n) is 6.77. The van der Waals surface area contributed by atoms with Crippen LogP contribution in [0.4, 0.5) is 0 Å². The van der Waals surface area contributed by atoms with Crippen molar-refractivity contribution in [2.24, 2.45) is 5.10 Å². The Hall–Kier alpha value is -3.22. The lowest BCUT2D eigenvalue weighted by molar-refractivity contribution is 0.0956. The third kappa shape index (κ3) is 4.76. The topological polar surface area (TPSA) is 63.6 Å². The third-order valence-corrected chi connectivity index (χ3v) is 6.02. The van der Waals surface area contributed by atoms with Crippen molar-refractivity contribution in [3.8, 4) is 17.0 Å². The number of carbonyl (C=O) groups excluding carboxylic acids is 1. The lowest BCUT2D eigenvalue weighted by atomic mass is 10.0. The second kappa shape index (κ2) is 9.29. The highest BCUT2D eigenvalue weighted by Crippen LogP contribution is 2.27. The zero-order valence-corrected chi connectivity index (χ0v) is 18.6. The number of hydrogen-bond acceptors (Lipinski definition) is 5. The van der Waals surface area contributed by atoms with Crippen LogP contribution < -0.4 is 10.2 Å². The predicted octanol–water partition coefficient (Wildman–Crippen LogP) is 6.17. The van der Waals surface area contributed by atoms with Crippen LogP contribution in [0.3, 0.4) is 0 Å². The van der Waals surface area contributed by atoms with Gasteiger partial charge in [-0.1, -0.05) is 29.8 Å². The maximum absolute atomic E-state index is 13.0. The van der Waals surface area contributed by atoms with Crippen LogP contribution in [0.5, 0.6) is 5.75 Å². The Balaban J connectivity index is 1.68. The lowest BCUT2D eigenvalue weighted by Crippen LogP contribution is -2.19. The Labute approximate surface area is 189 Å². The van der Waals surface area contributed by atoms with Gasteiger partial charge >= 0.3 is 0 Å². The number of amides is 1. The van der Waals surface area contributed by atoms with E-state index < -0.39 is 0 Å². The van der Waals surface area contributed by atoms with Crippen LogP contribution in [0.2, 0.25) is 4.34 Å². The number of hydrazone groups is 1. The molecular formula is C24H20ClN3O2S. The van der Waals surface area contributed by atoms with Crippen molar-refractivity contribution >= 4 is 45.5 Å². The molecule has 0 bridgehead atoms. The molecule has 0 spiro atoms. The fourth-order valence-corrected chi connectivity index (χ4v) is 4.15. The molecule has 0 atom stereocenters. The van der Waals surface area contributed by atoms with Gasteiger partial charge < -0.3 is 4.74 Å². The zero-order valence-electron chi connectivity index (χ0n) is 17.1. The first-order valence-electron chi connectivity index (χ1n) is 9.78. The Morgan fingerprint density at radius 1 is 1.13 bits per heavy atom. The molecule has 156 valence electrons. The smallest absolute Gasteiger partial charge is 0.272 e. The first-order chi connectivity index (χ1) is 15.0. The number of nitrogens with zero attached hydrogens (tertiary/aromatic N) is 2. The molecule has 4 rings (SSSR count). The maximum atomic E-state index is 13.0. The zero-order chi connectivity index (χ0) is 21.8. The maximum Gasteiger partial charge on any atom is 0.272 e. The molecule has 2 heterocycles. The van der Waals surface area contributed by atoms with E-state index in [1.165, 1.54) is 11.3 Å². The average Bonchev–Trinajstić information content (AvgIpc) is 3.23. The number of benzene rings is 2. The number of rotatable bonds is 6. The van der Waals surface area contributed by atoms with Crippen LogP contribution in [-0.4, -0.2) is 23.2 Å². The van der Waals surface area contributed by atoms with Crippen molar-refractivity contribution < 1.29 is 9.53 Å². The highest BCUT2D eigenvalue weighted by Gasteiger charge is 2.14. The molecule has 0 aliphatic heterocycles. The summed E-state index contributed by atoms with van der Waals surface area (Å²) < 4.78 is 6.19. The first kappa shape index (κ1) is 21.0. The molecule has 1 amide bonds. The molecule has 0 saturated carbocycles. The van der Waals surface area contributed by atoms with E-state index in [1.54, 1.807) is 6.07 Å². The normalized spacial score (nSPS) is 11.5. The van der Waals surface area contributed by atoms with Gasteiger partial charge in [-0.25, -0.2) is 10.4 Å². The number of fused-ring (bicyclic) bond motifs is 1. The largest absolute Gasteiger partial charge is 0.494 e. The van der Waals surface area contributed by atoms with Gasteiger partial charge in [-0.2, -0.15) is 5.10 Å². The lowest BCUT2D eigenvalue weighted by Gasteiger charge is -2.10. The number of ether oxygens (including phenoxy) is 1. The fraction of sp³-hybridized carbons (Fsp3) is 0.125. The van der Waals surface area contributed by atoms with E-state index in [1.807, 2.05) is 74.5 Å². The molecule has 5 nitrogen and oxygen atoms in total. The minimum atomic E-state index is -0.298. The third-order valence-electron chi connectivity index (χ3n) is 4.68. The summed E-state index contributed by atoms with van der Waals surface area (Å²) in [6.07, 6.45) is 0. The SMILES string of the molecule is CCOc1ccc(-c2cc(C(=O)N/N=C(/C)c3ccc(Cl)s3)c3ccccc3n2)cc1. The number of halogens is 1. The van der Waals surface area contributed by atoms with E-state index >= 15 is 0 Å². The molecule has 0 unspecified atom stereocenters. The van der Waals surface area contributed by atoms with Crippen molar-refractivity contribution in [1.82, 2.24) is 10.4 Å². The van der Waals surface area contributed by atoms with Crippen LogP contribution in [0.25, 0.3) is 22.2 Å². The van der Waals surface area contributed by atoms with Crippen LogP contribution in [0.1, 0.15) is 29.1 Å². The highest BCUT2D eigenvalue weighted by molar-refractivity contribution is 7.18. The standard InChI is InChI=1S/C24H20ClN3O2S/c1-3-30-17-10-8-16(9-11-17)21-14-19(18-6-4-5-7-20(18)26-21)24(29)28-27-15(2)22-12-13-23(25)31-22/h4-14H,3H2,1-2H3,(H,28,29)/b27-15-. The Morgan fingerprint density at radius 2 is 1.90 bits per heavy atom. The number of nitrogens with one attached hydrogen (secondary N) is 1. The van der Waals surface area contributed by atoms with Gasteiger partial charge in [-0.15, -0.1) is 11.3 Å². The van der Waals surface area contributed by atoms with Gasteiger partial charge in [0, 0.05) is 10.9 Å². The van der Waals surface area contributed by atoms with Crippen molar-refractivity contribution in [1.29, 1.82) is 0 Å². The van der Waals surface area contributed by atoms with E-state index in [0.29, 0.717) is 27.9 Å². The van der Waals surface area contributed by atoms with Gasteiger partial charge in [0.25, 0.3) is 5.91 Å². The Kier molecular flexibility index (Phi) is 6.30. The summed E-state index contributed by atoms with van der Waals surface area (Å²) in [7, 11) is 0. The minimum Gasteiger partial charge on any atom is -0.494 e. The van der Waals surface area contributed by atoms with E-state index in [0.717, 1.165) is 27.1 Å². The summed E-state index contributed by atoms with van der Waals surface area (Å²) >= 11 is 7.41. The molecule has 1 N–H and O–H groups in total. The summed E-state index contributed by atoms with van der Waals surface area (Å²) in [4.78, 5) is 18.7. The number of hydrogen-bond donors (Lipinski definition) is 1. The molecule has 0 aliphatic carbocycles. The molecule has 2 aromatic heterocycles. The second-order valence-corrected chi connectivity index (χ2v) is 8.49. The summed E-state index contributed by atoms with van der Waals surface area (Å²) in [5.74, 6) is 0.497. The molecule has 0 fully saturated rings. The van der Waals surface area contributed by atoms with Crippen molar-refractivity contribution in [2.75, 3.05) is 6.61 Å². The molecule has 0 saturated heterocycles. The predicted molar refractivity (Wildman–Crippen MR) is 127 cm³/mol. The number of para-hydroxylation sites is 1. The van der Waals surface area contributed by atoms with E-state index in [4.69, 9.17) is 21.3 Å². The summed E-state index contributed by atoms with van der Waals surface area (Å²) in [6, 6.07) is 20.7. The van der Waals surface area contributed by atoms with Gasteiger partial charge in [0.2, 0.25) is 0 Å². The van der Waals surface area contributed by atoms with Gasteiger partial charge in [-0.05, 0) is 62.4 Å². The first-order valence-corrected chi connectivity index (χ1v) is 11.0. The van der Waals surface area contributed by atoms with Crippen molar-refractivity contribution in [3.05, 3.63) is 81.5 Å². The number of aromatic nitrogens is 1. The minimum absolute atomic E-state index is 0.298. The van der Waals surface area contributed by atoms with Gasteiger partial charge in [-0.3, -0.25) is 4.79 Å². The molecule has 2 aromatic carbocycles. The van der Waals surface area contributed by atoms with E-state index in [2.05, 4.69) is 10.5 Å². The van der Waals surface area contributed by atoms with Crippen LogP contribution in [-0.2, 0) is 0 Å². The van der Waals surface area contributed by atoms with E-state index in [9.17, 15) is 4.79 Å². The van der Waals surface area contributed by atoms with Crippen LogP contribution >= 0.6 is 22.9 Å². The quantitative estimate of drug-likeness (QED) is 0.283. The molecule has 0 radical (unpaired) electrons. The van der Waals surface area contributed by atoms with Crippen LogP contribution in [0, 0.1) is 0 Å². The molecular weight excluding hydrogens is 430 g/mol. The molecule has 0 aliphatic rings. The van der Waals surface area contributed by atoms with Gasteiger partial charge in [0.05, 0.1) is 38.3 Å². The van der Waals surface area contributed by atoms with Gasteiger partial charge in [0.1, 0.15) is 5.75 Å². The number of pyridine rings is 1. The Morgan fingerprint density at radius 3 is 2.61 bits per heavy atom. The highest BCUT2D eigenvalue weighted by atomic mass is 35.5. The molecule has 31 heavy (non-hydrogen) atoms. The molecule has 4 aromatic rings. The monoisotopic (exact) mass is 449 g/mol. The van der Waals surface area contributed by atoms with Crippen molar-refractivity contribution in [3.63, 3.8) is 0 Å². The summed E-state index contributed by atoms with van der Waals surface area (Å²) in [5.41, 5.74) is 6.21. The summed E-state index contributed by atoms with van der Waals surface area (Å²) in [5, 5.41) is 5.02. The Bertz CT molecular complexity index is 1270. The molecule has 7 heteroatoms. The summed E-state index contributed by atoms with van der Waals surface area (Å²) in [6.45, 7) is 4.38. The number of carbonyl (C=O) groups is 1. The average molecular weight is 450 g/mol. The van der Waals surface area contributed by atoms with Crippen molar-refractivity contribution in [2.45, 2.75) is 13.8 Å². The van der Waals surface area contributed by atoms with Crippen LogP contribution in [0.15, 0.2) is 71.8 Å².